The van der Waals surface area contributed by atoms with Crippen molar-refractivity contribution in [1.82, 2.24) is 0 Å². The van der Waals surface area contributed by atoms with Gasteiger partial charge in [0.05, 0.1) is 0 Å². The molecule has 0 N–H and O–H groups in total. The Bertz CT molecular complexity index is 315. The van der Waals surface area contributed by atoms with Crippen LogP contribution >= 0.6 is 0 Å². The predicted molar refractivity (Wildman–Crippen MR) is 94.0 cm³/mol. The molecule has 0 heteroatoms. The summed E-state index contributed by atoms with van der Waals surface area (Å²) in [5.74, 6) is 1.75. The molecule has 0 aliphatic rings. The summed E-state index contributed by atoms with van der Waals surface area (Å²) in [6.45, 7) is 13.5. The van der Waals surface area contributed by atoms with Crippen LogP contribution in [0, 0.1) is 11.8 Å². The summed E-state index contributed by atoms with van der Waals surface area (Å²) < 4.78 is 0. The second-order valence-corrected chi connectivity index (χ2v) is 6.73. The molecule has 1 unspecified atom stereocenters. The highest BCUT2D eigenvalue weighted by Gasteiger charge is 2.03. The van der Waals surface area contributed by atoms with Crippen LogP contribution in [0.5, 0.6) is 0 Å². The summed E-state index contributed by atoms with van der Waals surface area (Å²) in [5, 5.41) is 0. The molecule has 0 heterocycles. The van der Waals surface area contributed by atoms with Crippen molar-refractivity contribution in [3.05, 3.63) is 35.5 Å². The number of hydrogen-bond acceptors (Lipinski definition) is 0. The van der Waals surface area contributed by atoms with Crippen LogP contribution in [0.1, 0.15) is 80.1 Å². The minimum absolute atomic E-state index is 0.861. The summed E-state index contributed by atoms with van der Waals surface area (Å²) in [6.07, 6.45) is 16.9. The van der Waals surface area contributed by atoms with Gasteiger partial charge in [0.2, 0.25) is 0 Å². The van der Waals surface area contributed by atoms with E-state index in [0.29, 0.717) is 0 Å². The van der Waals surface area contributed by atoms with Crippen molar-refractivity contribution >= 4 is 0 Å². The van der Waals surface area contributed by atoms with Crippen molar-refractivity contribution in [2.75, 3.05) is 0 Å². The van der Waals surface area contributed by atoms with Crippen molar-refractivity contribution in [2.45, 2.75) is 80.1 Å². The van der Waals surface area contributed by atoms with Crippen LogP contribution < -0.4 is 0 Å². The summed E-state index contributed by atoms with van der Waals surface area (Å²) in [6, 6.07) is 0. The first-order valence-corrected chi connectivity index (χ1v) is 8.42. The van der Waals surface area contributed by atoms with E-state index in [4.69, 9.17) is 0 Å². The lowest BCUT2D eigenvalue weighted by molar-refractivity contribution is 0.427. The zero-order chi connectivity index (χ0) is 15.4. The van der Waals surface area contributed by atoms with Gasteiger partial charge in [-0.15, -0.1) is 0 Å². The summed E-state index contributed by atoms with van der Waals surface area (Å²) in [5.41, 5.74) is 2.83. The van der Waals surface area contributed by atoms with Crippen molar-refractivity contribution < 1.29 is 0 Å². The van der Waals surface area contributed by atoms with E-state index in [9.17, 15) is 0 Å². The third-order valence-electron chi connectivity index (χ3n) is 3.94. The van der Waals surface area contributed by atoms with Crippen LogP contribution in [0.2, 0.25) is 0 Å². The molecule has 0 amide bonds. The van der Waals surface area contributed by atoms with E-state index in [1.807, 2.05) is 0 Å². The summed E-state index contributed by atoms with van der Waals surface area (Å²) in [4.78, 5) is 0. The first-order chi connectivity index (χ1) is 9.45. The van der Waals surface area contributed by atoms with Gasteiger partial charge in [0.1, 0.15) is 0 Å². The van der Waals surface area contributed by atoms with Gasteiger partial charge in [0.15, 0.2) is 0 Å². The van der Waals surface area contributed by atoms with E-state index in [1.54, 1.807) is 0 Å². The molecule has 0 radical (unpaired) electrons. The molecule has 0 aromatic rings. The monoisotopic (exact) mass is 276 g/mol. The molecule has 0 spiro atoms. The Morgan fingerprint density at radius 2 is 1.60 bits per heavy atom. The maximum absolute atomic E-state index is 2.41. The Kier molecular flexibility index (Phi) is 11.5. The number of hydrogen-bond donors (Lipinski definition) is 0. The highest BCUT2D eigenvalue weighted by molar-refractivity contribution is 5.21. The molecule has 0 saturated heterocycles. The van der Waals surface area contributed by atoms with Crippen LogP contribution in [0.25, 0.3) is 0 Å². The van der Waals surface area contributed by atoms with Crippen LogP contribution in [-0.4, -0.2) is 0 Å². The molecule has 0 nitrogen and oxygen atoms in total. The van der Waals surface area contributed by atoms with Gasteiger partial charge in [-0.1, -0.05) is 81.9 Å². The molecule has 0 rings (SSSR count). The first-order valence-electron chi connectivity index (χ1n) is 8.42. The molecule has 0 aromatic heterocycles. The molecule has 0 aliphatic heterocycles. The maximum Gasteiger partial charge on any atom is -0.0320 e. The van der Waals surface area contributed by atoms with E-state index >= 15 is 0 Å². The molecule has 0 bridgehead atoms. The average Bonchev–Trinajstić information content (AvgIpc) is 2.38. The van der Waals surface area contributed by atoms with E-state index in [2.05, 4.69) is 65.8 Å². The van der Waals surface area contributed by atoms with Gasteiger partial charge in [0, 0.05) is 0 Å². The normalized spacial score (nSPS) is 15.3. The minimum atomic E-state index is 0.861. The lowest BCUT2D eigenvalue weighted by Gasteiger charge is -2.12. The largest absolute Gasteiger partial charge is 0.0847 e. The maximum atomic E-state index is 2.41. The Morgan fingerprint density at radius 3 is 2.20 bits per heavy atom. The Labute approximate surface area is 128 Å². The third-order valence-corrected chi connectivity index (χ3v) is 3.94. The van der Waals surface area contributed by atoms with Gasteiger partial charge in [-0.25, -0.2) is 0 Å². The summed E-state index contributed by atoms with van der Waals surface area (Å²) >= 11 is 0. The fraction of sp³-hybridized carbons (Fsp3) is 0.700. The zero-order valence-corrected chi connectivity index (χ0v) is 14.7. The van der Waals surface area contributed by atoms with Crippen LogP contribution in [0.4, 0.5) is 0 Å². The highest BCUT2D eigenvalue weighted by atomic mass is 14.1. The van der Waals surface area contributed by atoms with Gasteiger partial charge in [-0.3, -0.25) is 0 Å². The third kappa shape index (κ3) is 12.3. The predicted octanol–water partition coefficient (Wildman–Crippen LogP) is 7.09. The van der Waals surface area contributed by atoms with Gasteiger partial charge in [0.25, 0.3) is 0 Å². The van der Waals surface area contributed by atoms with Crippen LogP contribution in [0.15, 0.2) is 35.5 Å². The number of allylic oxidation sites excluding steroid dienone is 6. The molecule has 0 saturated carbocycles. The van der Waals surface area contributed by atoms with Crippen molar-refractivity contribution in [3.63, 3.8) is 0 Å². The fourth-order valence-corrected chi connectivity index (χ4v) is 2.29. The van der Waals surface area contributed by atoms with Gasteiger partial charge in [-0.2, -0.15) is 0 Å². The SMILES string of the molecule is CC=C(C)C=CC=C(C)CCCC(C)CCCC(C)C. The highest BCUT2D eigenvalue weighted by Crippen LogP contribution is 2.19. The van der Waals surface area contributed by atoms with E-state index in [1.165, 1.54) is 49.7 Å². The number of rotatable bonds is 10. The van der Waals surface area contributed by atoms with Gasteiger partial charge >= 0.3 is 0 Å². The van der Waals surface area contributed by atoms with Crippen molar-refractivity contribution in [1.29, 1.82) is 0 Å². The molecule has 116 valence electrons. The van der Waals surface area contributed by atoms with Crippen molar-refractivity contribution in [2.24, 2.45) is 11.8 Å². The molecule has 0 aromatic carbocycles. The Balaban J connectivity index is 3.77. The average molecular weight is 277 g/mol. The second kappa shape index (κ2) is 12.0. The van der Waals surface area contributed by atoms with Gasteiger partial charge < -0.3 is 0 Å². The fourth-order valence-electron chi connectivity index (χ4n) is 2.29. The summed E-state index contributed by atoms with van der Waals surface area (Å²) in [7, 11) is 0. The lowest BCUT2D eigenvalue weighted by atomic mass is 9.94. The molecular formula is C20H36. The molecule has 0 aliphatic carbocycles. The van der Waals surface area contributed by atoms with E-state index < -0.39 is 0 Å². The van der Waals surface area contributed by atoms with Crippen LogP contribution in [0.3, 0.4) is 0 Å². The Morgan fingerprint density at radius 1 is 0.950 bits per heavy atom. The molecule has 0 fully saturated rings. The minimum Gasteiger partial charge on any atom is -0.0847 e. The van der Waals surface area contributed by atoms with E-state index in [-0.39, 0.29) is 0 Å². The lowest BCUT2D eigenvalue weighted by Crippen LogP contribution is -1.97. The smallest absolute Gasteiger partial charge is 0.0320 e. The first kappa shape index (κ1) is 19.2. The molecule has 20 heavy (non-hydrogen) atoms. The topological polar surface area (TPSA) is 0 Å². The quantitative estimate of drug-likeness (QED) is 0.374. The van der Waals surface area contributed by atoms with Crippen LogP contribution in [-0.2, 0) is 0 Å². The molecular weight excluding hydrogens is 240 g/mol. The zero-order valence-electron chi connectivity index (χ0n) is 14.7. The molecule has 1 atom stereocenters. The van der Waals surface area contributed by atoms with E-state index in [0.717, 1.165) is 11.8 Å². The van der Waals surface area contributed by atoms with Crippen molar-refractivity contribution in [3.8, 4) is 0 Å². The standard InChI is InChI=1S/C20H36/c1-7-18(4)12-9-14-20(6)16-10-15-19(5)13-8-11-17(2)3/h7,9,12,14,17,19H,8,10-11,13,15-16H2,1-6H3. The Hall–Kier alpha value is -0.780. The second-order valence-electron chi connectivity index (χ2n) is 6.73. The van der Waals surface area contributed by atoms with Gasteiger partial charge in [-0.05, 0) is 45.4 Å².